The summed E-state index contributed by atoms with van der Waals surface area (Å²) in [5, 5.41) is 11.3. The van der Waals surface area contributed by atoms with E-state index in [0.29, 0.717) is 30.8 Å². The fraction of sp³-hybridized carbons (Fsp3) is 0.353. The molecule has 0 atom stereocenters. The number of benzene rings is 1. The summed E-state index contributed by atoms with van der Waals surface area (Å²) in [7, 11) is 0. The second-order valence-corrected chi connectivity index (χ2v) is 5.61. The number of aromatic amines is 1. The maximum atomic E-state index is 13.2. The van der Waals surface area contributed by atoms with E-state index in [-0.39, 0.29) is 29.8 Å². The molecular formula is C17H22FIN6O. The van der Waals surface area contributed by atoms with Crippen molar-refractivity contribution in [1.82, 2.24) is 25.8 Å². The third-order valence-electron chi connectivity index (χ3n) is 3.71. The number of hydrogen-bond acceptors (Lipinski definition) is 4. The van der Waals surface area contributed by atoms with Crippen LogP contribution in [0, 0.1) is 12.7 Å². The average molecular weight is 472 g/mol. The number of aryl methyl sites for hydroxylation is 1. The molecule has 7 nitrogen and oxygen atoms in total. The van der Waals surface area contributed by atoms with Crippen molar-refractivity contribution in [3.63, 3.8) is 0 Å². The molecule has 0 fully saturated rings. The minimum atomic E-state index is -0.239. The van der Waals surface area contributed by atoms with Crippen molar-refractivity contribution in [3.05, 3.63) is 47.5 Å². The number of rotatable bonds is 6. The number of H-pyrrole nitrogens is 1. The van der Waals surface area contributed by atoms with Crippen LogP contribution in [0.15, 0.2) is 33.9 Å². The van der Waals surface area contributed by atoms with Crippen LogP contribution >= 0.6 is 24.0 Å². The molecule has 3 N–H and O–H groups in total. The third-order valence-corrected chi connectivity index (χ3v) is 3.71. The number of aliphatic imine (C=N–C) groups is 1. The Morgan fingerprint density at radius 2 is 2.19 bits per heavy atom. The quantitative estimate of drug-likeness (QED) is 0.292. The molecule has 0 aliphatic carbocycles. The van der Waals surface area contributed by atoms with E-state index in [9.17, 15) is 4.39 Å². The first-order chi connectivity index (χ1) is 12.2. The van der Waals surface area contributed by atoms with Crippen LogP contribution in [0.25, 0.3) is 10.9 Å². The molecule has 0 spiro atoms. The van der Waals surface area contributed by atoms with Crippen LogP contribution in [0.2, 0.25) is 0 Å². The summed E-state index contributed by atoms with van der Waals surface area (Å²) >= 11 is 0. The van der Waals surface area contributed by atoms with Crippen molar-refractivity contribution < 1.29 is 8.91 Å². The normalized spacial score (nSPS) is 11.4. The summed E-state index contributed by atoms with van der Waals surface area (Å²) in [4.78, 5) is 11.7. The Balaban J connectivity index is 0.00000243. The van der Waals surface area contributed by atoms with Gasteiger partial charge in [0.25, 0.3) is 0 Å². The summed E-state index contributed by atoms with van der Waals surface area (Å²) < 4.78 is 18.2. The average Bonchev–Trinajstić information content (AvgIpc) is 3.18. The molecule has 2 heterocycles. The zero-order valence-corrected chi connectivity index (χ0v) is 17.0. The Morgan fingerprint density at radius 1 is 1.35 bits per heavy atom. The molecule has 26 heavy (non-hydrogen) atoms. The lowest BCUT2D eigenvalue weighted by Crippen LogP contribution is -2.38. The highest BCUT2D eigenvalue weighted by atomic mass is 127. The maximum Gasteiger partial charge on any atom is 0.223 e. The Bertz CT molecular complexity index is 875. The van der Waals surface area contributed by atoms with Gasteiger partial charge in [-0.15, -0.1) is 24.0 Å². The molecule has 140 valence electrons. The van der Waals surface area contributed by atoms with Gasteiger partial charge in [0, 0.05) is 37.1 Å². The minimum Gasteiger partial charge on any atom is -0.361 e. The van der Waals surface area contributed by atoms with Crippen LogP contribution in [0.5, 0.6) is 0 Å². The molecule has 3 aromatic rings. The summed E-state index contributed by atoms with van der Waals surface area (Å²) in [6.45, 7) is 5.55. The van der Waals surface area contributed by atoms with Gasteiger partial charge < -0.3 is 20.1 Å². The number of hydrogen-bond donors (Lipinski definition) is 3. The Labute approximate surface area is 167 Å². The van der Waals surface area contributed by atoms with E-state index in [1.54, 1.807) is 13.0 Å². The van der Waals surface area contributed by atoms with Gasteiger partial charge in [0.15, 0.2) is 11.8 Å². The molecule has 0 aliphatic heterocycles. The van der Waals surface area contributed by atoms with Crippen molar-refractivity contribution in [2.45, 2.75) is 26.8 Å². The number of aromatic nitrogens is 3. The summed E-state index contributed by atoms with van der Waals surface area (Å²) in [6, 6.07) is 4.78. The molecular weight excluding hydrogens is 450 g/mol. The van der Waals surface area contributed by atoms with Crippen LogP contribution in [0.3, 0.4) is 0 Å². The van der Waals surface area contributed by atoms with Crippen LogP contribution in [-0.2, 0) is 13.0 Å². The Hall–Kier alpha value is -2.17. The molecule has 0 saturated carbocycles. The zero-order valence-electron chi connectivity index (χ0n) is 14.7. The fourth-order valence-electron chi connectivity index (χ4n) is 2.58. The Kier molecular flexibility index (Phi) is 7.37. The second kappa shape index (κ2) is 9.51. The summed E-state index contributed by atoms with van der Waals surface area (Å²) in [5.74, 6) is 1.53. The predicted molar refractivity (Wildman–Crippen MR) is 109 cm³/mol. The van der Waals surface area contributed by atoms with Gasteiger partial charge in [-0.3, -0.25) is 0 Å². The fourth-order valence-corrected chi connectivity index (χ4v) is 2.58. The van der Waals surface area contributed by atoms with Gasteiger partial charge in [-0.1, -0.05) is 5.16 Å². The SMILES string of the molecule is CCNC(=NCc1noc(C)n1)NCCc1c[nH]c2cc(F)ccc12.I. The van der Waals surface area contributed by atoms with E-state index >= 15 is 0 Å². The van der Waals surface area contributed by atoms with E-state index in [2.05, 4.69) is 30.8 Å². The minimum absolute atomic E-state index is 0. The number of halogens is 2. The zero-order chi connectivity index (χ0) is 17.6. The third kappa shape index (κ3) is 5.16. The largest absolute Gasteiger partial charge is 0.361 e. The molecule has 0 radical (unpaired) electrons. The smallest absolute Gasteiger partial charge is 0.223 e. The molecule has 3 rings (SSSR count). The van der Waals surface area contributed by atoms with Crippen molar-refractivity contribution in [3.8, 4) is 0 Å². The van der Waals surface area contributed by atoms with E-state index in [1.165, 1.54) is 12.1 Å². The highest BCUT2D eigenvalue weighted by molar-refractivity contribution is 14.0. The van der Waals surface area contributed by atoms with Gasteiger partial charge in [-0.25, -0.2) is 9.38 Å². The molecule has 0 saturated heterocycles. The van der Waals surface area contributed by atoms with Crippen molar-refractivity contribution in [2.24, 2.45) is 4.99 Å². The molecule has 0 amide bonds. The number of nitrogens with zero attached hydrogens (tertiary/aromatic N) is 3. The van der Waals surface area contributed by atoms with Crippen molar-refractivity contribution >= 4 is 40.8 Å². The predicted octanol–water partition coefficient (Wildman–Crippen LogP) is 2.91. The van der Waals surface area contributed by atoms with E-state index in [1.807, 2.05) is 13.1 Å². The molecule has 2 aromatic heterocycles. The van der Waals surface area contributed by atoms with Crippen molar-refractivity contribution in [2.75, 3.05) is 13.1 Å². The first-order valence-electron chi connectivity index (χ1n) is 8.22. The summed E-state index contributed by atoms with van der Waals surface area (Å²) in [5.41, 5.74) is 1.94. The highest BCUT2D eigenvalue weighted by Gasteiger charge is 2.06. The van der Waals surface area contributed by atoms with Crippen LogP contribution in [0.4, 0.5) is 4.39 Å². The van der Waals surface area contributed by atoms with Gasteiger partial charge in [0.2, 0.25) is 5.89 Å². The molecule has 0 bridgehead atoms. The monoisotopic (exact) mass is 472 g/mol. The van der Waals surface area contributed by atoms with Gasteiger partial charge in [-0.05, 0) is 37.1 Å². The lowest BCUT2D eigenvalue weighted by atomic mass is 10.1. The second-order valence-electron chi connectivity index (χ2n) is 5.61. The molecule has 1 aromatic carbocycles. The summed E-state index contributed by atoms with van der Waals surface area (Å²) in [6.07, 6.45) is 2.70. The van der Waals surface area contributed by atoms with Gasteiger partial charge >= 0.3 is 0 Å². The van der Waals surface area contributed by atoms with E-state index < -0.39 is 0 Å². The van der Waals surface area contributed by atoms with Gasteiger partial charge in [-0.2, -0.15) is 4.98 Å². The lowest BCUT2D eigenvalue weighted by Gasteiger charge is -2.10. The first-order valence-corrected chi connectivity index (χ1v) is 8.22. The van der Waals surface area contributed by atoms with Crippen molar-refractivity contribution in [1.29, 1.82) is 0 Å². The Morgan fingerprint density at radius 3 is 2.92 bits per heavy atom. The maximum absolute atomic E-state index is 13.2. The standard InChI is InChI=1S/C17H21FN6O.HI/c1-3-19-17(22-10-16-23-11(2)25-24-16)20-7-6-12-9-21-15-8-13(18)4-5-14(12)15;/h4-5,8-9,21H,3,6-7,10H2,1-2H3,(H2,19,20,22);1H. The lowest BCUT2D eigenvalue weighted by molar-refractivity contribution is 0.387. The van der Waals surface area contributed by atoms with Crippen LogP contribution < -0.4 is 10.6 Å². The molecule has 0 aliphatic rings. The number of nitrogens with one attached hydrogen (secondary N) is 3. The molecule has 9 heteroatoms. The van der Waals surface area contributed by atoms with Gasteiger partial charge in [0.05, 0.1) is 0 Å². The van der Waals surface area contributed by atoms with Crippen LogP contribution in [0.1, 0.15) is 24.2 Å². The highest BCUT2D eigenvalue weighted by Crippen LogP contribution is 2.19. The van der Waals surface area contributed by atoms with Gasteiger partial charge in [0.1, 0.15) is 12.4 Å². The number of fused-ring (bicyclic) bond motifs is 1. The van der Waals surface area contributed by atoms with E-state index in [4.69, 9.17) is 4.52 Å². The van der Waals surface area contributed by atoms with Crippen LogP contribution in [-0.4, -0.2) is 34.2 Å². The van der Waals surface area contributed by atoms with E-state index in [0.717, 1.165) is 29.4 Å². The topological polar surface area (TPSA) is 91.1 Å². The molecule has 0 unspecified atom stereocenters. The first kappa shape index (κ1) is 20.1. The number of guanidine groups is 1.